The number of hydrogen-bond donors (Lipinski definition) is 3. The molecule has 1 fully saturated rings. The first-order valence-electron chi connectivity index (χ1n) is 12.8. The second-order valence-electron chi connectivity index (χ2n) is 11.2. The van der Waals surface area contributed by atoms with Gasteiger partial charge in [-0.25, -0.2) is 0 Å². The van der Waals surface area contributed by atoms with Crippen molar-refractivity contribution in [2.45, 2.75) is 58.3 Å². The maximum absolute atomic E-state index is 8.82. The van der Waals surface area contributed by atoms with Gasteiger partial charge in [0.05, 0.1) is 10.6 Å². The lowest BCUT2D eigenvalue weighted by molar-refractivity contribution is 0.331. The van der Waals surface area contributed by atoms with E-state index in [0.29, 0.717) is 5.84 Å². The molecule has 0 amide bonds. The third-order valence-electron chi connectivity index (χ3n) is 7.35. The van der Waals surface area contributed by atoms with Crippen LogP contribution in [0.1, 0.15) is 44.1 Å². The fraction of sp³-hybridized carbons (Fsp3) is 0.414. The number of hydrogen-bond acceptors (Lipinski definition) is 5. The van der Waals surface area contributed by atoms with Crippen LogP contribution >= 0.6 is 11.3 Å². The minimum atomic E-state index is -1.93. The van der Waals surface area contributed by atoms with Crippen molar-refractivity contribution in [3.8, 4) is 16.2 Å². The first kappa shape index (κ1) is 26.4. The Labute approximate surface area is 221 Å². The summed E-state index contributed by atoms with van der Waals surface area (Å²) in [5.74, 6) is 1.24. The zero-order valence-electron chi connectivity index (χ0n) is 22.5. The van der Waals surface area contributed by atoms with Crippen molar-refractivity contribution < 1.29 is 4.43 Å². The molecule has 0 aliphatic carbocycles. The Hall–Kier alpha value is -2.61. The molecule has 3 aromatic rings. The SMILES string of the molecule is CNc1cc(-c2ccc(CN3CCCC3)cc2)sc1C(=N)Nc1cccc(O[Si](C)(C)C(C)(C)C)c1. The van der Waals surface area contributed by atoms with E-state index in [1.807, 2.05) is 31.3 Å². The van der Waals surface area contributed by atoms with E-state index in [4.69, 9.17) is 9.84 Å². The maximum Gasteiger partial charge on any atom is 0.250 e. The van der Waals surface area contributed by atoms with Crippen LogP contribution in [0.4, 0.5) is 11.4 Å². The van der Waals surface area contributed by atoms with Crippen molar-refractivity contribution in [3.63, 3.8) is 0 Å². The molecule has 3 N–H and O–H groups in total. The molecule has 7 heteroatoms. The number of likely N-dealkylation sites (tertiary alicyclic amines) is 1. The summed E-state index contributed by atoms with van der Waals surface area (Å²) < 4.78 is 6.47. The third kappa shape index (κ3) is 6.20. The van der Waals surface area contributed by atoms with Gasteiger partial charge in [-0.05, 0) is 73.4 Å². The second kappa shape index (κ2) is 10.8. The molecule has 2 heterocycles. The number of anilines is 2. The van der Waals surface area contributed by atoms with Crippen LogP contribution in [0.15, 0.2) is 54.6 Å². The molecule has 1 aromatic heterocycles. The summed E-state index contributed by atoms with van der Waals surface area (Å²) in [6.07, 6.45) is 2.63. The number of nitrogens with zero attached hydrogens (tertiary/aromatic N) is 1. The first-order chi connectivity index (χ1) is 17.1. The molecule has 192 valence electrons. The summed E-state index contributed by atoms with van der Waals surface area (Å²) in [6.45, 7) is 14.7. The highest BCUT2D eigenvalue weighted by atomic mass is 32.1. The van der Waals surface area contributed by atoms with Crippen LogP contribution in [-0.2, 0) is 6.54 Å². The van der Waals surface area contributed by atoms with Crippen molar-refractivity contribution in [1.29, 1.82) is 5.41 Å². The standard InChI is InChI=1S/C29H40N4OSSi/c1-29(2,3)36(5,6)34-24-11-9-10-23(18-24)32-28(30)27-25(31-4)19-26(35-27)22-14-12-21(13-15-22)20-33-16-7-8-17-33/h9-15,18-19,31H,7-8,16-17,20H2,1-6H3,(H2,30,32). The smallest absolute Gasteiger partial charge is 0.250 e. The number of amidine groups is 1. The Balaban J connectivity index is 1.47. The van der Waals surface area contributed by atoms with E-state index in [1.54, 1.807) is 11.3 Å². The van der Waals surface area contributed by atoms with Gasteiger partial charge in [-0.1, -0.05) is 51.1 Å². The van der Waals surface area contributed by atoms with Gasteiger partial charge in [0.1, 0.15) is 11.6 Å². The van der Waals surface area contributed by atoms with Crippen LogP contribution in [0, 0.1) is 5.41 Å². The zero-order chi connectivity index (χ0) is 25.9. The van der Waals surface area contributed by atoms with E-state index in [1.165, 1.54) is 37.1 Å². The summed E-state index contributed by atoms with van der Waals surface area (Å²) in [4.78, 5) is 4.57. The Morgan fingerprint density at radius 1 is 1.06 bits per heavy atom. The van der Waals surface area contributed by atoms with E-state index in [2.05, 4.69) is 79.7 Å². The average Bonchev–Trinajstić information content (AvgIpc) is 3.49. The molecule has 0 unspecified atom stereocenters. The molecule has 0 radical (unpaired) electrons. The van der Waals surface area contributed by atoms with E-state index in [-0.39, 0.29) is 5.04 Å². The molecule has 1 aliphatic rings. The molecule has 2 aromatic carbocycles. The van der Waals surface area contributed by atoms with Gasteiger partial charge in [-0.2, -0.15) is 0 Å². The van der Waals surface area contributed by atoms with E-state index >= 15 is 0 Å². The number of thiophene rings is 1. The minimum Gasteiger partial charge on any atom is -0.543 e. The van der Waals surface area contributed by atoms with Gasteiger partial charge in [0.15, 0.2) is 0 Å². The van der Waals surface area contributed by atoms with Gasteiger partial charge in [0.2, 0.25) is 8.32 Å². The minimum absolute atomic E-state index is 0.130. The van der Waals surface area contributed by atoms with Crippen molar-refractivity contribution in [2.75, 3.05) is 30.8 Å². The fourth-order valence-corrected chi connectivity index (χ4v) is 6.26. The normalized spacial score (nSPS) is 14.6. The predicted molar refractivity (Wildman–Crippen MR) is 159 cm³/mol. The molecular weight excluding hydrogens is 480 g/mol. The number of rotatable bonds is 8. The molecule has 5 nitrogen and oxygen atoms in total. The van der Waals surface area contributed by atoms with Gasteiger partial charge in [0, 0.05) is 30.2 Å². The first-order valence-corrected chi connectivity index (χ1v) is 16.6. The molecule has 4 rings (SSSR count). The van der Waals surface area contributed by atoms with Crippen LogP contribution in [0.2, 0.25) is 18.1 Å². The zero-order valence-corrected chi connectivity index (χ0v) is 24.3. The lowest BCUT2D eigenvalue weighted by Gasteiger charge is -2.36. The monoisotopic (exact) mass is 520 g/mol. The highest BCUT2D eigenvalue weighted by molar-refractivity contribution is 7.18. The van der Waals surface area contributed by atoms with Gasteiger partial charge in [-0.15, -0.1) is 11.3 Å². The van der Waals surface area contributed by atoms with Crippen molar-refractivity contribution >= 4 is 36.9 Å². The van der Waals surface area contributed by atoms with E-state index in [0.717, 1.165) is 33.4 Å². The largest absolute Gasteiger partial charge is 0.543 e. The number of nitrogens with one attached hydrogen (secondary N) is 3. The average molecular weight is 521 g/mol. The molecule has 0 bridgehead atoms. The Morgan fingerprint density at radius 3 is 2.39 bits per heavy atom. The van der Waals surface area contributed by atoms with Crippen LogP contribution in [0.5, 0.6) is 5.75 Å². The summed E-state index contributed by atoms with van der Waals surface area (Å²) in [7, 11) is -0.0162. The number of benzene rings is 2. The molecule has 0 saturated carbocycles. The van der Waals surface area contributed by atoms with Gasteiger partial charge < -0.3 is 15.1 Å². The van der Waals surface area contributed by atoms with Gasteiger partial charge >= 0.3 is 0 Å². The summed E-state index contributed by atoms with van der Waals surface area (Å²) >= 11 is 1.64. The third-order valence-corrected chi connectivity index (χ3v) is 12.9. The Morgan fingerprint density at radius 2 is 1.75 bits per heavy atom. The van der Waals surface area contributed by atoms with E-state index in [9.17, 15) is 0 Å². The van der Waals surface area contributed by atoms with Crippen LogP contribution < -0.4 is 15.1 Å². The highest BCUT2D eigenvalue weighted by Gasteiger charge is 2.39. The topological polar surface area (TPSA) is 60.4 Å². The van der Waals surface area contributed by atoms with E-state index < -0.39 is 8.32 Å². The quantitative estimate of drug-likeness (QED) is 0.161. The van der Waals surface area contributed by atoms with Gasteiger partial charge in [-0.3, -0.25) is 10.3 Å². The second-order valence-corrected chi connectivity index (χ2v) is 17.0. The van der Waals surface area contributed by atoms with Crippen LogP contribution in [0.3, 0.4) is 0 Å². The summed E-state index contributed by atoms with van der Waals surface area (Å²) in [5, 5.41) is 15.5. The van der Waals surface area contributed by atoms with Crippen molar-refractivity contribution in [2.24, 2.45) is 0 Å². The molecule has 0 spiro atoms. The molecular formula is C29H40N4OSSi. The van der Waals surface area contributed by atoms with Crippen LogP contribution in [-0.4, -0.2) is 39.2 Å². The summed E-state index contributed by atoms with van der Waals surface area (Å²) in [6, 6.07) is 19.0. The molecule has 1 saturated heterocycles. The van der Waals surface area contributed by atoms with Crippen molar-refractivity contribution in [3.05, 3.63) is 65.0 Å². The Kier molecular flexibility index (Phi) is 7.92. The lowest BCUT2D eigenvalue weighted by Crippen LogP contribution is -2.43. The Bertz CT molecular complexity index is 1190. The maximum atomic E-state index is 8.82. The molecule has 36 heavy (non-hydrogen) atoms. The predicted octanol–water partition coefficient (Wildman–Crippen LogP) is 7.87. The molecule has 0 atom stereocenters. The summed E-state index contributed by atoms with van der Waals surface area (Å²) in [5.41, 5.74) is 4.37. The lowest BCUT2D eigenvalue weighted by atomic mass is 10.1. The highest BCUT2D eigenvalue weighted by Crippen LogP contribution is 2.38. The van der Waals surface area contributed by atoms with Gasteiger partial charge in [0.25, 0.3) is 0 Å². The van der Waals surface area contributed by atoms with Crippen LogP contribution in [0.25, 0.3) is 10.4 Å². The molecule has 1 aliphatic heterocycles. The van der Waals surface area contributed by atoms with Crippen molar-refractivity contribution in [1.82, 2.24) is 4.90 Å². The fourth-order valence-electron chi connectivity index (χ4n) is 4.16.